The highest BCUT2D eigenvalue weighted by Gasteiger charge is 2.37. The molecule has 4 rings (SSSR count). The maximum atomic E-state index is 12.9. The second-order valence-electron chi connectivity index (χ2n) is 6.15. The number of nitrogens with one attached hydrogen (secondary N) is 1. The number of benzene rings is 2. The van der Waals surface area contributed by atoms with Crippen molar-refractivity contribution in [3.63, 3.8) is 0 Å². The third-order valence-corrected chi connectivity index (χ3v) is 5.42. The molecule has 0 unspecified atom stereocenters. The van der Waals surface area contributed by atoms with Gasteiger partial charge in [-0.15, -0.1) is 0 Å². The Morgan fingerprint density at radius 1 is 1.00 bits per heavy atom. The minimum atomic E-state index is -0.797. The number of halogens is 2. The van der Waals surface area contributed by atoms with Crippen molar-refractivity contribution in [3.05, 3.63) is 80.0 Å². The summed E-state index contributed by atoms with van der Waals surface area (Å²) in [5, 5.41) is 2.19. The van der Waals surface area contributed by atoms with E-state index in [-0.39, 0.29) is 5.57 Å². The van der Waals surface area contributed by atoms with Crippen LogP contribution in [0.25, 0.3) is 17.4 Å². The van der Waals surface area contributed by atoms with Crippen LogP contribution in [0, 0.1) is 3.57 Å². The number of anilines is 1. The lowest BCUT2D eigenvalue weighted by Crippen LogP contribution is -2.54. The van der Waals surface area contributed by atoms with Gasteiger partial charge in [-0.2, -0.15) is 0 Å². The Morgan fingerprint density at radius 2 is 1.76 bits per heavy atom. The number of imide groups is 2. The van der Waals surface area contributed by atoms with E-state index in [0.717, 1.165) is 14.0 Å². The summed E-state index contributed by atoms with van der Waals surface area (Å²) in [7, 11) is 0. The Labute approximate surface area is 187 Å². The van der Waals surface area contributed by atoms with Crippen LogP contribution in [0.4, 0.5) is 10.5 Å². The van der Waals surface area contributed by atoms with Crippen LogP contribution in [0.3, 0.4) is 0 Å². The summed E-state index contributed by atoms with van der Waals surface area (Å²) in [5.74, 6) is -0.542. The highest BCUT2D eigenvalue weighted by molar-refractivity contribution is 14.1. The van der Waals surface area contributed by atoms with Gasteiger partial charge in [0.1, 0.15) is 17.1 Å². The fraction of sp³-hybridized carbons (Fsp3) is 0. The summed E-state index contributed by atoms with van der Waals surface area (Å²) < 4.78 is 7.57. The quantitative estimate of drug-likeness (QED) is 0.277. The third kappa shape index (κ3) is 4.03. The van der Waals surface area contributed by atoms with Crippen molar-refractivity contribution in [2.75, 3.05) is 4.90 Å². The van der Waals surface area contributed by atoms with E-state index in [9.17, 15) is 14.4 Å². The van der Waals surface area contributed by atoms with Crippen LogP contribution in [0.15, 0.2) is 75.1 Å². The monoisotopic (exact) mass is 562 g/mol. The zero-order chi connectivity index (χ0) is 20.5. The smallest absolute Gasteiger partial charge is 0.335 e. The molecule has 1 fully saturated rings. The van der Waals surface area contributed by atoms with Crippen molar-refractivity contribution >= 4 is 68.1 Å². The standard InChI is InChI=1S/C21H12BrIN2O4/c22-13-2-1-3-15(10-13)25-20(27)17(19(26)24-21(25)28)11-16-8-9-18(29-16)12-4-6-14(23)7-5-12/h1-11H,(H,24,26,28)/b17-11+. The maximum absolute atomic E-state index is 12.9. The molecule has 0 spiro atoms. The average Bonchev–Trinajstić information content (AvgIpc) is 3.14. The normalized spacial score (nSPS) is 15.7. The van der Waals surface area contributed by atoms with Gasteiger partial charge in [0, 0.05) is 13.6 Å². The molecule has 0 radical (unpaired) electrons. The van der Waals surface area contributed by atoms with Gasteiger partial charge < -0.3 is 4.42 Å². The lowest BCUT2D eigenvalue weighted by Gasteiger charge is -2.26. The van der Waals surface area contributed by atoms with Gasteiger partial charge in [0.2, 0.25) is 0 Å². The van der Waals surface area contributed by atoms with Gasteiger partial charge in [0.15, 0.2) is 0 Å². The molecule has 1 aliphatic rings. The lowest BCUT2D eigenvalue weighted by atomic mass is 10.1. The molecule has 2 aromatic carbocycles. The Kier molecular flexibility index (Phi) is 5.37. The number of rotatable bonds is 3. The predicted molar refractivity (Wildman–Crippen MR) is 120 cm³/mol. The fourth-order valence-electron chi connectivity index (χ4n) is 2.85. The molecule has 144 valence electrons. The molecule has 0 atom stereocenters. The summed E-state index contributed by atoms with van der Waals surface area (Å²) >= 11 is 5.53. The number of hydrogen-bond acceptors (Lipinski definition) is 4. The van der Waals surface area contributed by atoms with E-state index in [2.05, 4.69) is 43.8 Å². The number of hydrogen-bond donors (Lipinski definition) is 1. The van der Waals surface area contributed by atoms with E-state index >= 15 is 0 Å². The van der Waals surface area contributed by atoms with Crippen LogP contribution < -0.4 is 10.2 Å². The van der Waals surface area contributed by atoms with Crippen molar-refractivity contribution in [2.45, 2.75) is 0 Å². The molecule has 1 N–H and O–H groups in total. The van der Waals surface area contributed by atoms with Gasteiger partial charge in [-0.25, -0.2) is 9.69 Å². The van der Waals surface area contributed by atoms with E-state index in [1.54, 1.807) is 36.4 Å². The first-order chi connectivity index (χ1) is 13.9. The second-order valence-corrected chi connectivity index (χ2v) is 8.31. The first kappa shape index (κ1) is 19.6. The fourth-order valence-corrected chi connectivity index (χ4v) is 3.60. The molecule has 0 aliphatic carbocycles. The molecule has 1 aromatic heterocycles. The minimum absolute atomic E-state index is 0.187. The zero-order valence-electron chi connectivity index (χ0n) is 14.7. The first-order valence-corrected chi connectivity index (χ1v) is 10.3. The van der Waals surface area contributed by atoms with Gasteiger partial charge in [0.05, 0.1) is 5.69 Å². The molecule has 2 heterocycles. The molecular formula is C21H12BrIN2O4. The van der Waals surface area contributed by atoms with Crippen LogP contribution in [-0.4, -0.2) is 17.8 Å². The number of urea groups is 1. The van der Waals surface area contributed by atoms with Crippen molar-refractivity contribution in [1.29, 1.82) is 0 Å². The lowest BCUT2D eigenvalue weighted by molar-refractivity contribution is -0.122. The highest BCUT2D eigenvalue weighted by Crippen LogP contribution is 2.27. The van der Waals surface area contributed by atoms with Crippen LogP contribution in [-0.2, 0) is 9.59 Å². The minimum Gasteiger partial charge on any atom is -0.457 e. The van der Waals surface area contributed by atoms with Gasteiger partial charge in [0.25, 0.3) is 11.8 Å². The molecule has 6 nitrogen and oxygen atoms in total. The second kappa shape index (κ2) is 7.96. The number of barbiturate groups is 1. The van der Waals surface area contributed by atoms with Crippen molar-refractivity contribution in [3.8, 4) is 11.3 Å². The Morgan fingerprint density at radius 3 is 2.48 bits per heavy atom. The molecule has 8 heteroatoms. The zero-order valence-corrected chi connectivity index (χ0v) is 18.4. The molecule has 0 bridgehead atoms. The van der Waals surface area contributed by atoms with Gasteiger partial charge in [-0.05, 0) is 71.1 Å². The first-order valence-electron chi connectivity index (χ1n) is 8.45. The highest BCUT2D eigenvalue weighted by atomic mass is 127. The number of carbonyl (C=O) groups excluding carboxylic acids is 3. The molecule has 29 heavy (non-hydrogen) atoms. The Balaban J connectivity index is 1.67. The summed E-state index contributed by atoms with van der Waals surface area (Å²) in [6, 6.07) is 17.1. The molecule has 3 aromatic rings. The summed E-state index contributed by atoms with van der Waals surface area (Å²) in [6.45, 7) is 0. The molecule has 1 saturated heterocycles. The Bertz CT molecular complexity index is 1170. The van der Waals surface area contributed by atoms with Crippen LogP contribution in [0.5, 0.6) is 0 Å². The molecule has 1 aliphatic heterocycles. The molecular weight excluding hydrogens is 551 g/mol. The van der Waals surface area contributed by atoms with Crippen molar-refractivity contribution in [1.82, 2.24) is 5.32 Å². The van der Waals surface area contributed by atoms with Crippen LogP contribution in [0.2, 0.25) is 0 Å². The number of nitrogens with zero attached hydrogens (tertiary/aromatic N) is 1. The summed E-state index contributed by atoms with van der Waals surface area (Å²) in [6.07, 6.45) is 1.34. The van der Waals surface area contributed by atoms with E-state index < -0.39 is 17.8 Å². The SMILES string of the molecule is O=C1NC(=O)N(c2cccc(Br)c2)C(=O)/C1=C/c1ccc(-c2ccc(I)cc2)o1. The predicted octanol–water partition coefficient (Wildman–Crippen LogP) is 4.98. The van der Waals surface area contributed by atoms with E-state index in [4.69, 9.17) is 4.42 Å². The topological polar surface area (TPSA) is 79.6 Å². The largest absolute Gasteiger partial charge is 0.457 e. The maximum Gasteiger partial charge on any atom is 0.335 e. The molecule has 4 amide bonds. The van der Waals surface area contributed by atoms with Gasteiger partial charge in [-0.1, -0.05) is 34.1 Å². The summed E-state index contributed by atoms with van der Waals surface area (Å²) in [4.78, 5) is 38.3. The Hall–Kier alpha value is -2.72. The van der Waals surface area contributed by atoms with Gasteiger partial charge >= 0.3 is 6.03 Å². The van der Waals surface area contributed by atoms with E-state index in [1.165, 1.54) is 6.08 Å². The summed E-state index contributed by atoms with van der Waals surface area (Å²) in [5.41, 5.74) is 1.04. The average molecular weight is 563 g/mol. The van der Waals surface area contributed by atoms with Gasteiger partial charge in [-0.3, -0.25) is 14.9 Å². The molecule has 0 saturated carbocycles. The van der Waals surface area contributed by atoms with Crippen LogP contribution in [0.1, 0.15) is 5.76 Å². The van der Waals surface area contributed by atoms with E-state index in [0.29, 0.717) is 21.7 Å². The number of amides is 4. The van der Waals surface area contributed by atoms with Crippen LogP contribution >= 0.6 is 38.5 Å². The van der Waals surface area contributed by atoms with Crippen molar-refractivity contribution < 1.29 is 18.8 Å². The number of carbonyl (C=O) groups is 3. The third-order valence-electron chi connectivity index (χ3n) is 4.21. The number of furan rings is 1. The van der Waals surface area contributed by atoms with Crippen molar-refractivity contribution in [2.24, 2.45) is 0 Å². The van der Waals surface area contributed by atoms with E-state index in [1.807, 2.05) is 24.3 Å².